The van der Waals surface area contributed by atoms with Crippen LogP contribution in [0.2, 0.25) is 0 Å². The minimum absolute atomic E-state index is 0.0861. The summed E-state index contributed by atoms with van der Waals surface area (Å²) in [5.41, 5.74) is 4.46. The molecule has 2 aromatic rings. The van der Waals surface area contributed by atoms with Crippen LogP contribution in [0.3, 0.4) is 0 Å². The number of aromatic amines is 1. The van der Waals surface area contributed by atoms with Crippen molar-refractivity contribution in [3.05, 3.63) is 49.9 Å². The van der Waals surface area contributed by atoms with Gasteiger partial charge < -0.3 is 29.0 Å². The average Bonchev–Trinajstić information content (AvgIpc) is 3.28. The summed E-state index contributed by atoms with van der Waals surface area (Å²) in [7, 11) is 3.75. The smallest absolute Gasteiger partial charge is 0.256 e. The molecule has 3 aliphatic rings. The van der Waals surface area contributed by atoms with Gasteiger partial charge >= 0.3 is 0 Å². The molecule has 3 heterocycles. The molecular formula is C30H41N3O5. The minimum Gasteiger partial charge on any atom is -0.496 e. The van der Waals surface area contributed by atoms with Crippen molar-refractivity contribution in [3.8, 4) is 17.2 Å². The zero-order valence-electron chi connectivity index (χ0n) is 23.8. The van der Waals surface area contributed by atoms with E-state index in [2.05, 4.69) is 30.8 Å². The highest BCUT2D eigenvalue weighted by Crippen LogP contribution is 2.52. The lowest BCUT2D eigenvalue weighted by molar-refractivity contribution is -0.123. The lowest BCUT2D eigenvalue weighted by Gasteiger charge is -2.39. The van der Waals surface area contributed by atoms with Crippen molar-refractivity contribution < 1.29 is 19.0 Å². The lowest BCUT2D eigenvalue weighted by Crippen LogP contribution is -2.47. The zero-order valence-corrected chi connectivity index (χ0v) is 23.8. The summed E-state index contributed by atoms with van der Waals surface area (Å²) >= 11 is 0. The van der Waals surface area contributed by atoms with E-state index < -0.39 is 5.79 Å². The molecule has 1 amide bonds. The molecular weight excluding hydrogens is 482 g/mol. The van der Waals surface area contributed by atoms with E-state index in [4.69, 9.17) is 14.2 Å². The summed E-state index contributed by atoms with van der Waals surface area (Å²) in [6.45, 7) is 11.8. The predicted molar refractivity (Wildman–Crippen MR) is 146 cm³/mol. The largest absolute Gasteiger partial charge is 0.496 e. The molecule has 2 aliphatic heterocycles. The Morgan fingerprint density at radius 2 is 1.76 bits per heavy atom. The Kier molecular flexibility index (Phi) is 6.97. The topological polar surface area (TPSA) is 84.1 Å². The van der Waals surface area contributed by atoms with Gasteiger partial charge in [-0.3, -0.25) is 9.59 Å². The van der Waals surface area contributed by atoms with Crippen molar-refractivity contribution in [2.45, 2.75) is 85.1 Å². The minimum atomic E-state index is -0.733. The summed E-state index contributed by atoms with van der Waals surface area (Å²) in [5.74, 6) is 1.45. The number of pyridine rings is 1. The van der Waals surface area contributed by atoms with Gasteiger partial charge in [-0.1, -0.05) is 6.92 Å². The zero-order chi connectivity index (χ0) is 27.4. The van der Waals surface area contributed by atoms with Crippen LogP contribution < -0.4 is 19.8 Å². The first-order valence-electron chi connectivity index (χ1n) is 13.9. The van der Waals surface area contributed by atoms with Gasteiger partial charge in [0.2, 0.25) is 0 Å². The summed E-state index contributed by atoms with van der Waals surface area (Å²) in [4.78, 5) is 33.5. The monoisotopic (exact) mass is 523 g/mol. The number of amides is 1. The first kappa shape index (κ1) is 26.6. The van der Waals surface area contributed by atoms with Crippen molar-refractivity contribution in [1.82, 2.24) is 14.8 Å². The standard InChI is InChI=1S/C30H41N3O5/c1-8-32(6)21-11-9-20(10-12-21)30(5)37-26-18(3)22-13-14-33(29(35)25(22)19(4)27(26)38-30)16-23-24(36-7)15-17(2)31-28(23)34/h15,20-21H,8-14,16H2,1-7H3,(H,31,34). The molecule has 206 valence electrons. The van der Waals surface area contributed by atoms with Crippen LogP contribution in [0.15, 0.2) is 10.9 Å². The highest BCUT2D eigenvalue weighted by Gasteiger charge is 2.48. The number of H-pyrrole nitrogens is 1. The van der Waals surface area contributed by atoms with Crippen molar-refractivity contribution >= 4 is 5.91 Å². The number of carbonyl (C=O) groups is 1. The fourth-order valence-corrected chi connectivity index (χ4v) is 6.61. The number of nitrogens with one attached hydrogen (secondary N) is 1. The number of methoxy groups -OCH3 is 1. The van der Waals surface area contributed by atoms with Crippen LogP contribution >= 0.6 is 0 Å². The number of hydrogen-bond donors (Lipinski definition) is 1. The highest BCUT2D eigenvalue weighted by atomic mass is 16.7. The fourth-order valence-electron chi connectivity index (χ4n) is 6.61. The molecule has 1 unspecified atom stereocenters. The molecule has 0 bridgehead atoms. The molecule has 38 heavy (non-hydrogen) atoms. The van der Waals surface area contributed by atoms with Crippen LogP contribution in [-0.4, -0.2) is 59.8 Å². The van der Waals surface area contributed by atoms with E-state index in [1.807, 2.05) is 20.8 Å². The molecule has 1 saturated carbocycles. The number of carbonyl (C=O) groups excluding carboxylic acids is 1. The van der Waals surface area contributed by atoms with E-state index in [0.29, 0.717) is 47.6 Å². The maximum absolute atomic E-state index is 13.8. The Labute approximate surface area is 225 Å². The van der Waals surface area contributed by atoms with Gasteiger partial charge in [0.05, 0.1) is 19.2 Å². The van der Waals surface area contributed by atoms with Gasteiger partial charge in [-0.2, -0.15) is 0 Å². The summed E-state index contributed by atoms with van der Waals surface area (Å²) < 4.78 is 18.7. The third-order valence-corrected chi connectivity index (χ3v) is 9.12. The first-order valence-corrected chi connectivity index (χ1v) is 13.9. The van der Waals surface area contributed by atoms with Crippen molar-refractivity contribution in [2.24, 2.45) is 5.92 Å². The summed E-state index contributed by atoms with van der Waals surface area (Å²) in [6, 6.07) is 2.41. The van der Waals surface area contributed by atoms with Gasteiger partial charge in [0, 0.05) is 42.2 Å². The van der Waals surface area contributed by atoms with Crippen molar-refractivity contribution in [3.63, 3.8) is 0 Å². The second-order valence-electron chi connectivity index (χ2n) is 11.4. The van der Waals surface area contributed by atoms with Gasteiger partial charge in [-0.05, 0) is 83.7 Å². The third kappa shape index (κ3) is 4.36. The second-order valence-corrected chi connectivity index (χ2v) is 11.4. The van der Waals surface area contributed by atoms with E-state index in [-0.39, 0.29) is 18.0 Å². The Morgan fingerprint density at radius 1 is 1.11 bits per heavy atom. The van der Waals surface area contributed by atoms with E-state index >= 15 is 0 Å². The Balaban J connectivity index is 1.41. The molecule has 0 spiro atoms. The molecule has 8 nitrogen and oxygen atoms in total. The lowest BCUT2D eigenvalue weighted by atomic mass is 9.81. The number of ether oxygens (including phenoxy) is 3. The van der Waals surface area contributed by atoms with Crippen LogP contribution in [0.5, 0.6) is 17.2 Å². The SMILES string of the molecule is CCN(C)C1CCC(C2(C)Oc3c(C)c4c(c(C)c3O2)C(=O)N(Cc2c(OC)cc(C)[nH]c2=O)CC4)CC1. The number of fused-ring (bicyclic) bond motifs is 2. The summed E-state index contributed by atoms with van der Waals surface area (Å²) in [6.07, 6.45) is 5.07. The van der Waals surface area contributed by atoms with Gasteiger partial charge in [0.15, 0.2) is 11.5 Å². The molecule has 8 heteroatoms. The van der Waals surface area contributed by atoms with Crippen LogP contribution in [0, 0.1) is 26.7 Å². The molecule has 1 aromatic carbocycles. The molecule has 0 radical (unpaired) electrons. The normalized spacial score (nSPS) is 24.6. The Hall–Kier alpha value is -3.00. The number of aryl methyl sites for hydroxylation is 1. The number of nitrogens with zero attached hydrogens (tertiary/aromatic N) is 2. The molecule has 5 rings (SSSR count). The van der Waals surface area contributed by atoms with E-state index in [9.17, 15) is 9.59 Å². The van der Waals surface area contributed by atoms with Crippen LogP contribution in [0.25, 0.3) is 0 Å². The van der Waals surface area contributed by atoms with Gasteiger partial charge in [0.1, 0.15) is 5.75 Å². The molecule has 1 aliphatic carbocycles. The number of rotatable bonds is 6. The number of aromatic nitrogens is 1. The summed E-state index contributed by atoms with van der Waals surface area (Å²) in [5, 5.41) is 0. The van der Waals surface area contributed by atoms with Crippen molar-refractivity contribution in [1.29, 1.82) is 0 Å². The van der Waals surface area contributed by atoms with Crippen LogP contribution in [0.4, 0.5) is 0 Å². The molecule has 0 saturated heterocycles. The predicted octanol–water partition coefficient (Wildman–Crippen LogP) is 4.51. The fraction of sp³-hybridized carbons (Fsp3) is 0.600. The van der Waals surface area contributed by atoms with E-state index in [1.54, 1.807) is 18.1 Å². The number of benzene rings is 1. The number of hydrogen-bond acceptors (Lipinski definition) is 6. The Bertz CT molecular complexity index is 1310. The van der Waals surface area contributed by atoms with Gasteiger partial charge in [-0.15, -0.1) is 0 Å². The molecule has 1 fully saturated rings. The van der Waals surface area contributed by atoms with Gasteiger partial charge in [0.25, 0.3) is 17.3 Å². The van der Waals surface area contributed by atoms with E-state index in [0.717, 1.165) is 60.4 Å². The van der Waals surface area contributed by atoms with Crippen molar-refractivity contribution in [2.75, 3.05) is 27.2 Å². The van der Waals surface area contributed by atoms with E-state index in [1.165, 1.54) is 0 Å². The molecule has 1 atom stereocenters. The Morgan fingerprint density at radius 3 is 2.39 bits per heavy atom. The average molecular weight is 524 g/mol. The maximum atomic E-state index is 13.8. The quantitative estimate of drug-likeness (QED) is 0.600. The van der Waals surface area contributed by atoms with Gasteiger partial charge in [-0.25, -0.2) is 0 Å². The maximum Gasteiger partial charge on any atom is 0.256 e. The molecule has 1 N–H and O–H groups in total. The van der Waals surface area contributed by atoms with Crippen LogP contribution in [0.1, 0.15) is 77.8 Å². The second kappa shape index (κ2) is 9.95. The first-order chi connectivity index (χ1) is 18.1. The highest BCUT2D eigenvalue weighted by molar-refractivity contribution is 6.00. The van der Waals surface area contributed by atoms with Crippen LogP contribution in [-0.2, 0) is 13.0 Å². The molecule has 1 aromatic heterocycles. The third-order valence-electron chi connectivity index (χ3n) is 9.12.